The second-order valence-corrected chi connectivity index (χ2v) is 3.89. The van der Waals surface area contributed by atoms with E-state index in [1.54, 1.807) is 0 Å². The molecule has 1 aliphatic rings. The van der Waals surface area contributed by atoms with Gasteiger partial charge in [0.15, 0.2) is 0 Å². The maximum atomic E-state index is 5.44. The van der Waals surface area contributed by atoms with Crippen molar-refractivity contribution < 1.29 is 4.74 Å². The lowest BCUT2D eigenvalue weighted by Crippen LogP contribution is -2.34. The van der Waals surface area contributed by atoms with Gasteiger partial charge in [-0.05, 0) is 45.3 Å². The molecule has 0 aromatic carbocycles. The van der Waals surface area contributed by atoms with Crippen molar-refractivity contribution in [3.63, 3.8) is 0 Å². The molecule has 1 heterocycles. The molecule has 2 heteroatoms. The Bertz CT molecular complexity index is 159. The highest BCUT2D eigenvalue weighted by atomic mass is 16.5. The Labute approximate surface area is 81.6 Å². The number of likely N-dealkylation sites (tertiary alicyclic amines) is 1. The minimum absolute atomic E-state index is 0.750. The molecule has 0 aromatic rings. The van der Waals surface area contributed by atoms with Crippen LogP contribution in [0.15, 0.2) is 12.3 Å². The van der Waals surface area contributed by atoms with Crippen LogP contribution >= 0.6 is 0 Å². The van der Waals surface area contributed by atoms with E-state index in [1.165, 1.54) is 32.5 Å². The van der Waals surface area contributed by atoms with Crippen molar-refractivity contribution >= 4 is 0 Å². The third-order valence-corrected chi connectivity index (χ3v) is 2.72. The van der Waals surface area contributed by atoms with Gasteiger partial charge in [0.2, 0.25) is 0 Å². The van der Waals surface area contributed by atoms with Crippen LogP contribution in [0.4, 0.5) is 0 Å². The highest BCUT2D eigenvalue weighted by Crippen LogP contribution is 2.17. The molecule has 0 aromatic heterocycles. The molecular weight excluding hydrogens is 162 g/mol. The summed E-state index contributed by atoms with van der Waals surface area (Å²) in [5.41, 5.74) is 0. The van der Waals surface area contributed by atoms with Gasteiger partial charge in [0, 0.05) is 0 Å². The van der Waals surface area contributed by atoms with Crippen LogP contribution in [0.1, 0.15) is 26.7 Å². The summed E-state index contributed by atoms with van der Waals surface area (Å²) >= 11 is 0. The molecule has 1 rings (SSSR count). The average molecular weight is 183 g/mol. The van der Waals surface area contributed by atoms with Crippen LogP contribution in [0.25, 0.3) is 0 Å². The SMILES string of the molecule is C=C(C)OCC1CCN(CC)CC1. The number of ether oxygens (including phenoxy) is 1. The van der Waals surface area contributed by atoms with E-state index in [0.717, 1.165) is 18.3 Å². The molecule has 0 spiro atoms. The fraction of sp³-hybridized carbons (Fsp3) is 0.818. The van der Waals surface area contributed by atoms with E-state index in [2.05, 4.69) is 18.4 Å². The molecule has 13 heavy (non-hydrogen) atoms. The van der Waals surface area contributed by atoms with Gasteiger partial charge in [-0.15, -0.1) is 0 Å². The Kier molecular flexibility index (Phi) is 4.29. The molecule has 0 N–H and O–H groups in total. The van der Waals surface area contributed by atoms with Gasteiger partial charge in [-0.25, -0.2) is 0 Å². The standard InChI is InChI=1S/C11H21NO/c1-4-12-7-5-11(6-8-12)9-13-10(2)3/h11H,2,4-9H2,1,3H3. The van der Waals surface area contributed by atoms with Crippen molar-refractivity contribution in [3.05, 3.63) is 12.3 Å². The molecule has 1 aliphatic heterocycles. The minimum atomic E-state index is 0.750. The largest absolute Gasteiger partial charge is 0.499 e. The number of hydrogen-bond donors (Lipinski definition) is 0. The fourth-order valence-corrected chi connectivity index (χ4v) is 1.73. The zero-order valence-corrected chi connectivity index (χ0v) is 8.88. The Morgan fingerprint density at radius 1 is 1.46 bits per heavy atom. The van der Waals surface area contributed by atoms with Crippen molar-refractivity contribution in [2.75, 3.05) is 26.2 Å². The van der Waals surface area contributed by atoms with Crippen LogP contribution in [-0.2, 0) is 4.74 Å². The van der Waals surface area contributed by atoms with Crippen LogP contribution in [0.2, 0.25) is 0 Å². The predicted octanol–water partition coefficient (Wildman–Crippen LogP) is 2.27. The first-order chi connectivity index (χ1) is 6.22. The second kappa shape index (κ2) is 5.28. The highest BCUT2D eigenvalue weighted by molar-refractivity contribution is 4.77. The molecule has 1 fully saturated rings. The third-order valence-electron chi connectivity index (χ3n) is 2.72. The van der Waals surface area contributed by atoms with E-state index < -0.39 is 0 Å². The summed E-state index contributed by atoms with van der Waals surface area (Å²) in [7, 11) is 0. The van der Waals surface area contributed by atoms with E-state index >= 15 is 0 Å². The van der Waals surface area contributed by atoms with Gasteiger partial charge in [0.1, 0.15) is 0 Å². The van der Waals surface area contributed by atoms with Crippen LogP contribution in [-0.4, -0.2) is 31.1 Å². The summed E-state index contributed by atoms with van der Waals surface area (Å²) in [6.45, 7) is 12.4. The van der Waals surface area contributed by atoms with Crippen LogP contribution in [0.5, 0.6) is 0 Å². The van der Waals surface area contributed by atoms with Gasteiger partial charge < -0.3 is 9.64 Å². The lowest BCUT2D eigenvalue weighted by molar-refractivity contribution is 0.110. The van der Waals surface area contributed by atoms with E-state index in [-0.39, 0.29) is 0 Å². The first-order valence-corrected chi connectivity index (χ1v) is 5.23. The average Bonchev–Trinajstić information content (AvgIpc) is 2.15. The molecule has 0 atom stereocenters. The predicted molar refractivity (Wildman–Crippen MR) is 55.6 cm³/mol. The molecule has 0 radical (unpaired) electrons. The second-order valence-electron chi connectivity index (χ2n) is 3.89. The molecule has 0 bridgehead atoms. The molecule has 0 amide bonds. The lowest BCUT2D eigenvalue weighted by atomic mass is 9.98. The van der Waals surface area contributed by atoms with Crippen molar-refractivity contribution in [2.24, 2.45) is 5.92 Å². The van der Waals surface area contributed by atoms with Crippen molar-refractivity contribution in [1.29, 1.82) is 0 Å². The zero-order chi connectivity index (χ0) is 9.68. The van der Waals surface area contributed by atoms with Crippen LogP contribution < -0.4 is 0 Å². The number of hydrogen-bond acceptors (Lipinski definition) is 2. The molecule has 0 saturated carbocycles. The molecule has 0 unspecified atom stereocenters. The summed E-state index contributed by atoms with van der Waals surface area (Å²) in [4.78, 5) is 2.50. The lowest BCUT2D eigenvalue weighted by Gasteiger charge is -2.30. The maximum absolute atomic E-state index is 5.44. The van der Waals surface area contributed by atoms with E-state index in [0.29, 0.717) is 0 Å². The van der Waals surface area contributed by atoms with E-state index in [9.17, 15) is 0 Å². The first-order valence-electron chi connectivity index (χ1n) is 5.23. The summed E-state index contributed by atoms with van der Waals surface area (Å²) < 4.78 is 5.44. The maximum Gasteiger partial charge on any atom is 0.0906 e. The van der Waals surface area contributed by atoms with Crippen molar-refractivity contribution in [3.8, 4) is 0 Å². The Balaban J connectivity index is 2.14. The minimum Gasteiger partial charge on any atom is -0.499 e. The summed E-state index contributed by atoms with van der Waals surface area (Å²) in [6.07, 6.45) is 2.56. The number of nitrogens with zero attached hydrogens (tertiary/aromatic N) is 1. The van der Waals surface area contributed by atoms with E-state index in [1.807, 2.05) is 6.92 Å². The molecule has 2 nitrogen and oxygen atoms in total. The van der Waals surface area contributed by atoms with Crippen LogP contribution in [0, 0.1) is 5.92 Å². The summed E-state index contributed by atoms with van der Waals surface area (Å²) in [5, 5.41) is 0. The fourth-order valence-electron chi connectivity index (χ4n) is 1.73. The van der Waals surface area contributed by atoms with E-state index in [4.69, 9.17) is 4.74 Å². The Hall–Kier alpha value is -0.500. The van der Waals surface area contributed by atoms with Crippen molar-refractivity contribution in [1.82, 2.24) is 4.90 Å². The van der Waals surface area contributed by atoms with Gasteiger partial charge in [0.05, 0.1) is 12.4 Å². The number of allylic oxidation sites excluding steroid dienone is 1. The number of rotatable bonds is 4. The smallest absolute Gasteiger partial charge is 0.0906 e. The normalized spacial score (nSPS) is 20.2. The van der Waals surface area contributed by atoms with Gasteiger partial charge in [-0.3, -0.25) is 0 Å². The van der Waals surface area contributed by atoms with Crippen LogP contribution in [0.3, 0.4) is 0 Å². The molecule has 1 saturated heterocycles. The van der Waals surface area contributed by atoms with Gasteiger partial charge in [-0.1, -0.05) is 13.5 Å². The topological polar surface area (TPSA) is 12.5 Å². The monoisotopic (exact) mass is 183 g/mol. The zero-order valence-electron chi connectivity index (χ0n) is 8.88. The summed E-state index contributed by atoms with van der Waals surface area (Å²) in [5.74, 6) is 1.59. The third kappa shape index (κ3) is 3.81. The summed E-state index contributed by atoms with van der Waals surface area (Å²) in [6, 6.07) is 0. The molecule has 0 aliphatic carbocycles. The van der Waals surface area contributed by atoms with Gasteiger partial charge in [-0.2, -0.15) is 0 Å². The first kappa shape index (κ1) is 10.6. The molecular formula is C11H21NO. The Morgan fingerprint density at radius 3 is 2.54 bits per heavy atom. The van der Waals surface area contributed by atoms with Gasteiger partial charge >= 0.3 is 0 Å². The number of piperidine rings is 1. The highest BCUT2D eigenvalue weighted by Gasteiger charge is 2.18. The Morgan fingerprint density at radius 2 is 2.08 bits per heavy atom. The quantitative estimate of drug-likeness (QED) is 0.620. The van der Waals surface area contributed by atoms with Crippen molar-refractivity contribution in [2.45, 2.75) is 26.7 Å². The van der Waals surface area contributed by atoms with Gasteiger partial charge in [0.25, 0.3) is 0 Å². The molecule has 76 valence electrons.